The zero-order chi connectivity index (χ0) is 21.0. The molecular formula is C14H26NO11P. The van der Waals surface area contributed by atoms with Gasteiger partial charge in [0, 0.05) is 20.5 Å². The molecule has 158 valence electrons. The molecule has 0 aromatic heterocycles. The molecule has 1 rings (SSSR count). The third-order valence-corrected chi connectivity index (χ3v) is 5.06. The molecule has 0 aliphatic carbocycles. The van der Waals surface area contributed by atoms with Gasteiger partial charge in [-0.1, -0.05) is 0 Å². The monoisotopic (exact) mass is 415 g/mol. The average Bonchev–Trinajstić information content (AvgIpc) is 2.58. The van der Waals surface area contributed by atoms with E-state index in [0.29, 0.717) is 0 Å². The number of carbonyl (C=O) groups excluding carboxylic acids is 2. The minimum absolute atomic E-state index is 0.428. The van der Waals surface area contributed by atoms with Gasteiger partial charge in [0.15, 0.2) is 0 Å². The van der Waals surface area contributed by atoms with Crippen molar-refractivity contribution >= 4 is 19.5 Å². The van der Waals surface area contributed by atoms with E-state index in [-0.39, 0.29) is 0 Å². The first-order valence-corrected chi connectivity index (χ1v) is 9.84. The van der Waals surface area contributed by atoms with Crippen LogP contribution in [0.4, 0.5) is 0 Å². The second kappa shape index (κ2) is 9.39. The predicted molar refractivity (Wildman–Crippen MR) is 88.4 cm³/mol. The van der Waals surface area contributed by atoms with E-state index in [4.69, 9.17) is 19.3 Å². The van der Waals surface area contributed by atoms with E-state index in [9.17, 15) is 29.5 Å². The molecule has 0 spiro atoms. The molecule has 27 heavy (non-hydrogen) atoms. The van der Waals surface area contributed by atoms with Crippen LogP contribution in [0.3, 0.4) is 0 Å². The Balaban J connectivity index is 3.13. The zero-order valence-corrected chi connectivity index (χ0v) is 16.0. The van der Waals surface area contributed by atoms with Gasteiger partial charge in [0.1, 0.15) is 12.2 Å². The van der Waals surface area contributed by atoms with Crippen molar-refractivity contribution in [2.45, 2.75) is 56.0 Å². The third kappa shape index (κ3) is 6.19. The van der Waals surface area contributed by atoms with Gasteiger partial charge in [-0.25, -0.2) is 4.79 Å². The molecule has 12 nitrogen and oxygen atoms in total. The van der Waals surface area contributed by atoms with Gasteiger partial charge in [0.25, 0.3) is 5.79 Å². The molecule has 1 saturated heterocycles. The molecule has 0 unspecified atom stereocenters. The first-order valence-electron chi connectivity index (χ1n) is 8.04. The fourth-order valence-electron chi connectivity index (χ4n) is 2.85. The number of amides is 1. The molecule has 1 amide bonds. The van der Waals surface area contributed by atoms with Gasteiger partial charge in [-0.05, 0) is 6.42 Å². The highest BCUT2D eigenvalue weighted by atomic mass is 31.2. The van der Waals surface area contributed by atoms with Crippen molar-refractivity contribution in [3.8, 4) is 0 Å². The van der Waals surface area contributed by atoms with Crippen LogP contribution < -0.4 is 5.32 Å². The summed E-state index contributed by atoms with van der Waals surface area (Å²) in [4.78, 5) is 41.3. The summed E-state index contributed by atoms with van der Waals surface area (Å²) in [5.74, 6) is -3.68. The zero-order valence-electron chi connectivity index (χ0n) is 15.1. The number of aliphatic hydroxyl groups excluding tert-OH is 3. The number of esters is 1. The molecule has 6 atom stereocenters. The second-order valence-electron chi connectivity index (χ2n) is 6.26. The van der Waals surface area contributed by atoms with Crippen molar-refractivity contribution in [1.29, 1.82) is 0 Å². The molecule has 0 bridgehead atoms. The number of hydrogen-bond donors (Lipinski definition) is 6. The number of carbonyl (C=O) groups is 2. The van der Waals surface area contributed by atoms with Crippen LogP contribution in [-0.2, 0) is 28.4 Å². The van der Waals surface area contributed by atoms with Crippen LogP contribution in [0.15, 0.2) is 0 Å². The molecule has 6 N–H and O–H groups in total. The van der Waals surface area contributed by atoms with Gasteiger partial charge >= 0.3 is 13.6 Å². The highest BCUT2D eigenvalue weighted by molar-refractivity contribution is 7.51. The molecule has 0 aromatic carbocycles. The molecule has 0 saturated carbocycles. The van der Waals surface area contributed by atoms with Crippen LogP contribution in [0.5, 0.6) is 0 Å². The number of hydrogen-bond acceptors (Lipinski definition) is 9. The average molecular weight is 415 g/mol. The summed E-state index contributed by atoms with van der Waals surface area (Å²) in [7, 11) is -2.27. The number of ether oxygens (including phenoxy) is 3. The van der Waals surface area contributed by atoms with Crippen LogP contribution in [0, 0.1) is 0 Å². The lowest BCUT2D eigenvalue weighted by Gasteiger charge is -2.46. The predicted octanol–water partition coefficient (Wildman–Crippen LogP) is -2.55. The maximum absolute atomic E-state index is 12.1. The van der Waals surface area contributed by atoms with Gasteiger partial charge in [0.05, 0.1) is 31.5 Å². The molecule has 1 heterocycles. The second-order valence-corrected chi connectivity index (χ2v) is 8.04. The van der Waals surface area contributed by atoms with E-state index in [0.717, 1.165) is 21.1 Å². The fourth-order valence-corrected chi connectivity index (χ4v) is 3.45. The molecule has 0 aromatic rings. The summed E-state index contributed by atoms with van der Waals surface area (Å²) >= 11 is 0. The Kier molecular flexibility index (Phi) is 8.32. The summed E-state index contributed by atoms with van der Waals surface area (Å²) in [5.41, 5.74) is 0. The quantitative estimate of drug-likeness (QED) is 0.181. The Bertz CT molecular complexity index is 581. The van der Waals surface area contributed by atoms with Gasteiger partial charge in [-0.15, -0.1) is 0 Å². The number of nitrogens with one attached hydrogen (secondary N) is 1. The first-order chi connectivity index (χ1) is 12.4. The number of methoxy groups -OCH3 is 2. The molecule has 1 fully saturated rings. The van der Waals surface area contributed by atoms with Crippen LogP contribution in [0.1, 0.15) is 19.8 Å². The van der Waals surface area contributed by atoms with E-state index < -0.39 is 74.7 Å². The van der Waals surface area contributed by atoms with E-state index in [1.54, 1.807) is 0 Å². The lowest BCUT2D eigenvalue weighted by molar-refractivity contribution is -0.304. The summed E-state index contributed by atoms with van der Waals surface area (Å²) in [6.45, 7) is 1.15. The summed E-state index contributed by atoms with van der Waals surface area (Å²) in [6.07, 6.45) is -8.09. The lowest BCUT2D eigenvalue weighted by Crippen LogP contribution is -2.67. The smallest absolute Gasteiger partial charge is 0.366 e. The van der Waals surface area contributed by atoms with E-state index in [1.807, 2.05) is 0 Å². The molecule has 13 heteroatoms. The normalized spacial score (nSPS) is 31.0. The fraction of sp³-hybridized carbons (Fsp3) is 0.857. The Morgan fingerprint density at radius 1 is 1.33 bits per heavy atom. The maximum atomic E-state index is 12.1. The minimum atomic E-state index is -4.43. The minimum Gasteiger partial charge on any atom is -0.465 e. The summed E-state index contributed by atoms with van der Waals surface area (Å²) in [6, 6.07) is -1.23. The van der Waals surface area contributed by atoms with Crippen molar-refractivity contribution in [2.75, 3.05) is 20.4 Å². The van der Waals surface area contributed by atoms with Gasteiger partial charge in [-0.3, -0.25) is 9.36 Å². The SMILES string of the molecule is COC(=O)[C@]1(OC)C[C@H](O)[C@@H](NC(C)=O)[C@H]([C@H](O)[C@H](O)CCP(=O)(O)O)O1. The van der Waals surface area contributed by atoms with Gasteiger partial charge in [-0.2, -0.15) is 0 Å². The first kappa shape index (κ1) is 23.9. The van der Waals surface area contributed by atoms with Crippen LogP contribution in [0.2, 0.25) is 0 Å². The van der Waals surface area contributed by atoms with Crippen LogP contribution in [-0.4, -0.2) is 93.6 Å². The van der Waals surface area contributed by atoms with Crippen LogP contribution >= 0.6 is 7.60 Å². The standard InChI is InChI=1S/C14H26NO11P/c1-7(16)15-10-9(18)6-14(25-3,13(20)24-2)26-12(10)11(19)8(17)4-5-27(21,22)23/h8-12,17-19H,4-6H2,1-3H3,(H,15,16)(H2,21,22,23)/t8-,9+,10-,11-,12-,14+/m1/s1. The Hall–Kier alpha value is -1.11. The largest absolute Gasteiger partial charge is 0.465 e. The van der Waals surface area contributed by atoms with Crippen LogP contribution in [0.25, 0.3) is 0 Å². The van der Waals surface area contributed by atoms with Crippen molar-refractivity contribution < 1.29 is 53.5 Å². The van der Waals surface area contributed by atoms with E-state index in [1.165, 1.54) is 0 Å². The van der Waals surface area contributed by atoms with E-state index >= 15 is 0 Å². The Morgan fingerprint density at radius 3 is 2.37 bits per heavy atom. The van der Waals surface area contributed by atoms with Crippen molar-refractivity contribution in [3.63, 3.8) is 0 Å². The number of rotatable bonds is 8. The molecule has 1 aliphatic heterocycles. The molecular weight excluding hydrogens is 389 g/mol. The third-order valence-electron chi connectivity index (χ3n) is 4.22. The maximum Gasteiger partial charge on any atom is 0.366 e. The van der Waals surface area contributed by atoms with Gasteiger partial charge in [0.2, 0.25) is 5.91 Å². The summed E-state index contributed by atoms with van der Waals surface area (Å²) in [5, 5.41) is 33.3. The molecule has 1 aliphatic rings. The number of aliphatic hydroxyl groups is 3. The Labute approximate surface area is 155 Å². The van der Waals surface area contributed by atoms with E-state index in [2.05, 4.69) is 10.1 Å². The van der Waals surface area contributed by atoms with Crippen molar-refractivity contribution in [3.05, 3.63) is 0 Å². The molecule has 0 radical (unpaired) electrons. The summed E-state index contributed by atoms with van der Waals surface area (Å²) < 4.78 is 26.1. The van der Waals surface area contributed by atoms with Crippen molar-refractivity contribution in [2.24, 2.45) is 0 Å². The highest BCUT2D eigenvalue weighted by Crippen LogP contribution is 2.37. The van der Waals surface area contributed by atoms with Crippen molar-refractivity contribution in [1.82, 2.24) is 5.32 Å². The van der Waals surface area contributed by atoms with Gasteiger partial charge < -0.3 is 44.6 Å². The Morgan fingerprint density at radius 2 is 1.93 bits per heavy atom. The lowest BCUT2D eigenvalue weighted by atomic mass is 9.88. The topological polar surface area (TPSA) is 192 Å². The highest BCUT2D eigenvalue weighted by Gasteiger charge is 2.55.